The Morgan fingerprint density at radius 1 is 1.43 bits per heavy atom. The van der Waals surface area contributed by atoms with E-state index in [0.29, 0.717) is 5.56 Å². The third-order valence-corrected chi connectivity index (χ3v) is 1.90. The van der Waals surface area contributed by atoms with Gasteiger partial charge in [-0.3, -0.25) is 4.39 Å². The number of hydrogen-bond donors (Lipinski definition) is 1. The van der Waals surface area contributed by atoms with Gasteiger partial charge in [-0.05, 0) is 18.1 Å². The molecule has 0 aliphatic rings. The molecule has 0 fully saturated rings. The Balaban J connectivity index is 0.00000169. The molecule has 1 rings (SSSR count). The van der Waals surface area contributed by atoms with E-state index in [1.807, 2.05) is 6.07 Å². The molecule has 2 N–H and O–H groups in total. The predicted octanol–water partition coefficient (Wildman–Crippen LogP) is 2.34. The van der Waals surface area contributed by atoms with Crippen molar-refractivity contribution in [1.29, 1.82) is 5.26 Å². The largest absolute Gasteiger partial charge is 0.324 e. The van der Waals surface area contributed by atoms with Crippen LogP contribution in [0.2, 0.25) is 0 Å². The van der Waals surface area contributed by atoms with Crippen LogP contribution in [0.4, 0.5) is 4.39 Å². The molecule has 0 aliphatic heterocycles. The fourth-order valence-electron chi connectivity index (χ4n) is 1.20. The van der Waals surface area contributed by atoms with Gasteiger partial charge in [0, 0.05) is 6.04 Å². The summed E-state index contributed by atoms with van der Waals surface area (Å²) >= 11 is 0. The van der Waals surface area contributed by atoms with Crippen LogP contribution in [-0.4, -0.2) is 6.67 Å². The van der Waals surface area contributed by atoms with Gasteiger partial charge >= 0.3 is 0 Å². The average molecular weight is 215 g/mol. The quantitative estimate of drug-likeness (QED) is 0.840. The van der Waals surface area contributed by atoms with Gasteiger partial charge < -0.3 is 5.73 Å². The van der Waals surface area contributed by atoms with Crippen molar-refractivity contribution in [3.63, 3.8) is 0 Å². The Kier molecular flexibility index (Phi) is 5.86. The maximum atomic E-state index is 12.0. The van der Waals surface area contributed by atoms with Gasteiger partial charge in [-0.1, -0.05) is 18.2 Å². The van der Waals surface area contributed by atoms with Crippen molar-refractivity contribution in [3.8, 4) is 6.07 Å². The molecule has 0 saturated carbocycles. The van der Waals surface area contributed by atoms with Crippen LogP contribution < -0.4 is 5.73 Å². The summed E-state index contributed by atoms with van der Waals surface area (Å²) in [5.41, 5.74) is 6.95. The maximum absolute atomic E-state index is 12.0. The van der Waals surface area contributed by atoms with E-state index in [1.54, 1.807) is 24.3 Å². The van der Waals surface area contributed by atoms with Crippen molar-refractivity contribution in [3.05, 3.63) is 35.4 Å². The Bertz CT molecular complexity index is 322. The van der Waals surface area contributed by atoms with Crippen LogP contribution in [0, 0.1) is 11.3 Å². The zero-order valence-corrected chi connectivity index (χ0v) is 8.43. The number of halogens is 2. The van der Waals surface area contributed by atoms with Crippen molar-refractivity contribution < 1.29 is 4.39 Å². The third-order valence-electron chi connectivity index (χ3n) is 1.90. The minimum Gasteiger partial charge on any atom is -0.324 e. The van der Waals surface area contributed by atoms with Crippen LogP contribution in [0.1, 0.15) is 23.6 Å². The number of nitrogens with zero attached hydrogens (tertiary/aromatic N) is 1. The molecule has 0 radical (unpaired) electrons. The summed E-state index contributed by atoms with van der Waals surface area (Å²) in [6.07, 6.45) is 0.263. The van der Waals surface area contributed by atoms with Crippen molar-refractivity contribution in [2.75, 3.05) is 6.67 Å². The van der Waals surface area contributed by atoms with Gasteiger partial charge in [-0.2, -0.15) is 5.26 Å². The fraction of sp³-hybridized carbons (Fsp3) is 0.300. The fourth-order valence-corrected chi connectivity index (χ4v) is 1.20. The van der Waals surface area contributed by atoms with Gasteiger partial charge in [0.2, 0.25) is 0 Å². The van der Waals surface area contributed by atoms with Crippen LogP contribution in [0.15, 0.2) is 24.3 Å². The number of nitrogens with two attached hydrogens (primary N) is 1. The van der Waals surface area contributed by atoms with Gasteiger partial charge in [-0.25, -0.2) is 0 Å². The highest BCUT2D eigenvalue weighted by atomic mass is 35.5. The zero-order valence-electron chi connectivity index (χ0n) is 7.61. The third kappa shape index (κ3) is 2.99. The highest BCUT2D eigenvalue weighted by molar-refractivity contribution is 5.85. The van der Waals surface area contributed by atoms with Gasteiger partial charge in [0.05, 0.1) is 18.3 Å². The molecule has 0 heterocycles. The molecule has 1 aromatic rings. The van der Waals surface area contributed by atoms with Gasteiger partial charge in [0.15, 0.2) is 0 Å². The van der Waals surface area contributed by atoms with E-state index >= 15 is 0 Å². The highest BCUT2D eigenvalue weighted by Gasteiger charge is 2.09. The molecule has 0 bridgehead atoms. The lowest BCUT2D eigenvalue weighted by Gasteiger charge is -2.10. The van der Waals surface area contributed by atoms with Crippen molar-refractivity contribution in [1.82, 2.24) is 0 Å². The molecule has 1 atom stereocenters. The normalized spacial score (nSPS) is 11.2. The second kappa shape index (κ2) is 6.36. The lowest BCUT2D eigenvalue weighted by Crippen LogP contribution is -2.12. The molecule has 4 heteroatoms. The van der Waals surface area contributed by atoms with Crippen molar-refractivity contribution in [2.45, 2.75) is 12.5 Å². The first-order valence-electron chi connectivity index (χ1n) is 4.10. The number of alkyl halides is 1. The molecular formula is C10H12ClFN2. The number of nitriles is 1. The van der Waals surface area contributed by atoms with E-state index in [0.717, 1.165) is 5.56 Å². The van der Waals surface area contributed by atoms with Gasteiger partial charge in [-0.15, -0.1) is 12.4 Å². The summed E-state index contributed by atoms with van der Waals surface area (Å²) in [7, 11) is 0. The van der Waals surface area contributed by atoms with E-state index in [-0.39, 0.29) is 24.9 Å². The first-order valence-corrected chi connectivity index (χ1v) is 4.10. The lowest BCUT2D eigenvalue weighted by molar-refractivity contribution is 0.441. The second-order valence-electron chi connectivity index (χ2n) is 2.78. The van der Waals surface area contributed by atoms with Crippen LogP contribution in [0.25, 0.3) is 0 Å². The molecule has 0 saturated heterocycles. The van der Waals surface area contributed by atoms with Gasteiger partial charge in [0.1, 0.15) is 0 Å². The molecule has 0 spiro atoms. The van der Waals surface area contributed by atoms with Crippen molar-refractivity contribution >= 4 is 12.4 Å². The molecule has 0 amide bonds. The Labute approximate surface area is 88.9 Å². The Morgan fingerprint density at radius 2 is 2.07 bits per heavy atom. The van der Waals surface area contributed by atoms with E-state index in [2.05, 4.69) is 0 Å². The Hall–Kier alpha value is -1.11. The number of hydrogen-bond acceptors (Lipinski definition) is 2. The number of benzene rings is 1. The topological polar surface area (TPSA) is 49.8 Å². The van der Waals surface area contributed by atoms with Crippen molar-refractivity contribution in [2.24, 2.45) is 5.73 Å². The summed E-state index contributed by atoms with van der Waals surface area (Å²) in [6.45, 7) is -0.457. The first kappa shape index (κ1) is 12.9. The molecule has 1 aromatic carbocycles. The lowest BCUT2D eigenvalue weighted by atomic mass is 10.00. The standard InChI is InChI=1S/C10H11FN2.ClH/c11-6-5-10(13)9-4-2-1-3-8(9)7-12;/h1-4,10H,5-6,13H2;1H/t10-;/m0./s1. The predicted molar refractivity (Wildman–Crippen MR) is 55.9 cm³/mol. The van der Waals surface area contributed by atoms with Crippen LogP contribution >= 0.6 is 12.4 Å². The smallest absolute Gasteiger partial charge is 0.0995 e. The molecular weight excluding hydrogens is 203 g/mol. The van der Waals surface area contributed by atoms with Gasteiger partial charge in [0.25, 0.3) is 0 Å². The zero-order chi connectivity index (χ0) is 9.68. The van der Waals surface area contributed by atoms with Crippen LogP contribution in [0.3, 0.4) is 0 Å². The summed E-state index contributed by atoms with van der Waals surface area (Å²) in [5, 5.41) is 8.74. The molecule has 2 nitrogen and oxygen atoms in total. The first-order chi connectivity index (χ1) is 6.29. The Morgan fingerprint density at radius 3 is 2.64 bits per heavy atom. The SMILES string of the molecule is Cl.N#Cc1ccccc1[C@@H](N)CCF. The van der Waals surface area contributed by atoms with E-state index in [1.165, 1.54) is 0 Å². The summed E-state index contributed by atoms with van der Waals surface area (Å²) in [4.78, 5) is 0. The van der Waals surface area contributed by atoms with E-state index in [9.17, 15) is 4.39 Å². The van der Waals surface area contributed by atoms with Crippen LogP contribution in [0.5, 0.6) is 0 Å². The minimum absolute atomic E-state index is 0. The summed E-state index contributed by atoms with van der Waals surface area (Å²) < 4.78 is 12.0. The molecule has 0 unspecified atom stereocenters. The number of rotatable bonds is 3. The highest BCUT2D eigenvalue weighted by Crippen LogP contribution is 2.17. The molecule has 76 valence electrons. The minimum atomic E-state index is -0.457. The second-order valence-corrected chi connectivity index (χ2v) is 2.78. The molecule has 0 aromatic heterocycles. The van der Waals surface area contributed by atoms with Crippen LogP contribution in [-0.2, 0) is 0 Å². The molecule has 14 heavy (non-hydrogen) atoms. The average Bonchev–Trinajstić information content (AvgIpc) is 2.18. The van der Waals surface area contributed by atoms with E-state index in [4.69, 9.17) is 11.0 Å². The monoisotopic (exact) mass is 214 g/mol. The van der Waals surface area contributed by atoms with E-state index < -0.39 is 6.67 Å². The summed E-state index contributed by atoms with van der Waals surface area (Å²) in [6, 6.07) is 8.68. The summed E-state index contributed by atoms with van der Waals surface area (Å²) in [5.74, 6) is 0. The maximum Gasteiger partial charge on any atom is 0.0995 e. The molecule has 0 aliphatic carbocycles.